The van der Waals surface area contributed by atoms with Crippen molar-refractivity contribution in [1.29, 1.82) is 0 Å². The molecule has 0 aliphatic carbocycles. The van der Waals surface area contributed by atoms with Crippen LogP contribution in [-0.4, -0.2) is 0 Å². The van der Waals surface area contributed by atoms with E-state index in [0.717, 1.165) is 50.1 Å². The lowest BCUT2D eigenvalue weighted by Gasteiger charge is -2.27. The molecule has 0 N–H and O–H groups in total. The summed E-state index contributed by atoms with van der Waals surface area (Å²) >= 11 is 1.87. The molecule has 11 aromatic rings. The number of furan rings is 1. The summed E-state index contributed by atoms with van der Waals surface area (Å²) in [6, 6.07) is 72.0. The molecule has 2 aromatic heterocycles. The van der Waals surface area contributed by atoms with Gasteiger partial charge >= 0.3 is 0 Å². The molecule has 0 aliphatic heterocycles. The highest BCUT2D eigenvalue weighted by Gasteiger charge is 2.24. The molecule has 0 radical (unpaired) electrons. The van der Waals surface area contributed by atoms with Gasteiger partial charge in [-0.05, 0) is 81.1 Å². The van der Waals surface area contributed by atoms with Crippen LogP contribution in [0.3, 0.4) is 0 Å². The summed E-state index contributed by atoms with van der Waals surface area (Å²) in [5.41, 5.74) is 12.1. The van der Waals surface area contributed by atoms with Crippen LogP contribution in [0.5, 0.6) is 0 Å². The van der Waals surface area contributed by atoms with Gasteiger partial charge in [-0.2, -0.15) is 0 Å². The monoisotopic (exact) mass is 719 g/mol. The van der Waals surface area contributed by atoms with E-state index in [1.54, 1.807) is 0 Å². The fraction of sp³-hybridized carbons (Fsp3) is 0. The van der Waals surface area contributed by atoms with Crippen LogP contribution in [0.25, 0.3) is 86.3 Å². The Labute approximate surface area is 322 Å². The van der Waals surface area contributed by atoms with Crippen LogP contribution in [0, 0.1) is 0 Å². The number of thiophene rings is 1. The van der Waals surface area contributed by atoms with Gasteiger partial charge in [-0.15, -0.1) is 11.3 Å². The van der Waals surface area contributed by atoms with E-state index in [1.165, 1.54) is 53.2 Å². The number of para-hydroxylation sites is 1. The SMILES string of the molecule is c1ccc(-c2ccc(N(c3ccc(-c4ccc5ccccc5c4)cc3)c3cccc4c3sc3c(-c5ccccc5)cccc34)c3c2oc2ccccc23)cc1. The highest BCUT2D eigenvalue weighted by Crippen LogP contribution is 2.50. The van der Waals surface area contributed by atoms with E-state index in [9.17, 15) is 0 Å². The number of fused-ring (bicyclic) bond motifs is 7. The normalized spacial score (nSPS) is 11.6. The lowest BCUT2D eigenvalue weighted by atomic mass is 9.99. The molecule has 0 aliphatic rings. The average Bonchev–Trinajstić information content (AvgIpc) is 3.84. The molecule has 0 spiro atoms. The fourth-order valence-electron chi connectivity index (χ4n) is 8.25. The average molecular weight is 720 g/mol. The topological polar surface area (TPSA) is 16.4 Å². The second-order valence-corrected chi connectivity index (χ2v) is 15.1. The Balaban J connectivity index is 1.17. The van der Waals surface area contributed by atoms with Gasteiger partial charge in [0.05, 0.1) is 21.5 Å². The van der Waals surface area contributed by atoms with Crippen LogP contribution >= 0.6 is 11.3 Å². The lowest BCUT2D eigenvalue weighted by molar-refractivity contribution is 0.670. The number of hydrogen-bond donors (Lipinski definition) is 0. The van der Waals surface area contributed by atoms with E-state index in [4.69, 9.17) is 4.42 Å². The Kier molecular flexibility index (Phi) is 7.39. The van der Waals surface area contributed by atoms with Crippen molar-refractivity contribution >= 4 is 81.3 Å². The Morgan fingerprint density at radius 2 is 1.02 bits per heavy atom. The first-order valence-electron chi connectivity index (χ1n) is 18.7. The molecule has 0 bridgehead atoms. The smallest absolute Gasteiger partial charge is 0.145 e. The molecule has 0 saturated carbocycles. The first-order chi connectivity index (χ1) is 27.3. The second-order valence-electron chi connectivity index (χ2n) is 14.0. The van der Waals surface area contributed by atoms with Crippen molar-refractivity contribution in [1.82, 2.24) is 0 Å². The lowest BCUT2D eigenvalue weighted by Crippen LogP contribution is -2.10. The number of benzene rings is 9. The van der Waals surface area contributed by atoms with E-state index in [0.29, 0.717) is 0 Å². The maximum atomic E-state index is 6.79. The molecular weight excluding hydrogens is 687 g/mol. The van der Waals surface area contributed by atoms with Gasteiger partial charge in [0, 0.05) is 32.1 Å². The molecule has 258 valence electrons. The predicted octanol–water partition coefficient (Wildman–Crippen LogP) is 15.6. The minimum atomic E-state index is 0.876. The van der Waals surface area contributed by atoms with Crippen molar-refractivity contribution in [2.24, 2.45) is 0 Å². The number of rotatable bonds is 6. The molecule has 0 unspecified atom stereocenters. The minimum absolute atomic E-state index is 0.876. The number of hydrogen-bond acceptors (Lipinski definition) is 3. The molecule has 9 aromatic carbocycles. The Morgan fingerprint density at radius 1 is 0.382 bits per heavy atom. The van der Waals surface area contributed by atoms with Gasteiger partial charge in [0.2, 0.25) is 0 Å². The molecule has 2 nitrogen and oxygen atoms in total. The van der Waals surface area contributed by atoms with Gasteiger partial charge in [0.15, 0.2) is 0 Å². The molecule has 55 heavy (non-hydrogen) atoms. The van der Waals surface area contributed by atoms with E-state index >= 15 is 0 Å². The highest BCUT2D eigenvalue weighted by atomic mass is 32.1. The largest absolute Gasteiger partial charge is 0.455 e. The van der Waals surface area contributed by atoms with Gasteiger partial charge < -0.3 is 9.32 Å². The molecule has 2 heterocycles. The van der Waals surface area contributed by atoms with Gasteiger partial charge in [-0.1, -0.05) is 158 Å². The molecular formula is C52H33NOS. The van der Waals surface area contributed by atoms with Crippen molar-refractivity contribution in [2.75, 3.05) is 4.90 Å². The fourth-order valence-corrected chi connectivity index (χ4v) is 9.59. The summed E-state index contributed by atoms with van der Waals surface area (Å²) in [5.74, 6) is 0. The standard InChI is InChI=1S/C52H33NOS/c1-3-14-36(15-4-1)41-31-32-46(49-45-19-9-10-24-48(45)54-50(41)49)53(40-29-27-35(28-30-40)39-26-25-34-13-7-8-18-38(34)33-39)47-23-12-22-44-43-21-11-20-42(51(43)55-52(44)47)37-16-5-2-6-17-37/h1-33H. The first kappa shape index (κ1) is 31.6. The second kappa shape index (κ2) is 12.9. The van der Waals surface area contributed by atoms with Crippen LogP contribution in [0.2, 0.25) is 0 Å². The third-order valence-corrected chi connectivity index (χ3v) is 12.1. The zero-order valence-corrected chi connectivity index (χ0v) is 30.6. The quantitative estimate of drug-likeness (QED) is 0.170. The van der Waals surface area contributed by atoms with Crippen LogP contribution in [0.1, 0.15) is 0 Å². The van der Waals surface area contributed by atoms with E-state index in [-0.39, 0.29) is 0 Å². The molecule has 0 saturated heterocycles. The van der Waals surface area contributed by atoms with Crippen LogP contribution in [0.4, 0.5) is 17.1 Å². The Morgan fingerprint density at radius 3 is 1.82 bits per heavy atom. The van der Waals surface area contributed by atoms with Gasteiger partial charge in [-0.25, -0.2) is 0 Å². The summed E-state index contributed by atoms with van der Waals surface area (Å²) in [7, 11) is 0. The zero-order valence-electron chi connectivity index (χ0n) is 29.8. The minimum Gasteiger partial charge on any atom is -0.455 e. The first-order valence-corrected chi connectivity index (χ1v) is 19.5. The Bertz CT molecular complexity index is 3190. The van der Waals surface area contributed by atoms with Crippen molar-refractivity contribution in [3.8, 4) is 33.4 Å². The maximum absolute atomic E-state index is 6.79. The molecule has 11 rings (SSSR count). The van der Waals surface area contributed by atoms with E-state index in [2.05, 4.69) is 205 Å². The summed E-state index contributed by atoms with van der Waals surface area (Å²) in [6.45, 7) is 0. The summed E-state index contributed by atoms with van der Waals surface area (Å²) in [5, 5.41) is 7.20. The van der Waals surface area contributed by atoms with Crippen LogP contribution in [-0.2, 0) is 0 Å². The van der Waals surface area contributed by atoms with Crippen molar-refractivity contribution in [3.63, 3.8) is 0 Å². The summed E-state index contributed by atoms with van der Waals surface area (Å²) < 4.78 is 9.32. The van der Waals surface area contributed by atoms with E-state index in [1.807, 2.05) is 11.3 Å². The molecule has 0 atom stereocenters. The van der Waals surface area contributed by atoms with Gasteiger partial charge in [0.1, 0.15) is 11.2 Å². The summed E-state index contributed by atoms with van der Waals surface area (Å²) in [6.07, 6.45) is 0. The molecule has 0 amide bonds. The Hall–Kier alpha value is -6.94. The maximum Gasteiger partial charge on any atom is 0.145 e. The summed E-state index contributed by atoms with van der Waals surface area (Å²) in [4.78, 5) is 2.45. The van der Waals surface area contributed by atoms with Gasteiger partial charge in [-0.3, -0.25) is 0 Å². The predicted molar refractivity (Wildman–Crippen MR) is 235 cm³/mol. The van der Waals surface area contributed by atoms with Crippen LogP contribution in [0.15, 0.2) is 205 Å². The molecule has 3 heteroatoms. The van der Waals surface area contributed by atoms with Crippen molar-refractivity contribution in [2.45, 2.75) is 0 Å². The third kappa shape index (κ3) is 5.24. The third-order valence-electron chi connectivity index (χ3n) is 10.9. The zero-order chi connectivity index (χ0) is 36.3. The van der Waals surface area contributed by atoms with Crippen molar-refractivity contribution in [3.05, 3.63) is 200 Å². The number of nitrogens with zero attached hydrogens (tertiary/aromatic N) is 1. The van der Waals surface area contributed by atoms with Crippen molar-refractivity contribution < 1.29 is 4.42 Å². The van der Waals surface area contributed by atoms with E-state index < -0.39 is 0 Å². The highest BCUT2D eigenvalue weighted by molar-refractivity contribution is 7.27. The van der Waals surface area contributed by atoms with Gasteiger partial charge in [0.25, 0.3) is 0 Å². The molecule has 0 fully saturated rings. The van der Waals surface area contributed by atoms with Crippen LogP contribution < -0.4 is 4.90 Å². The number of anilines is 3.